The van der Waals surface area contributed by atoms with Crippen molar-refractivity contribution in [2.24, 2.45) is 5.41 Å². The SMILES string of the molecule is Cc1c(OCC23CCC(OCc4c(-c5c(Cl)cncc5Cl)noc4C4CC4)(CC2)CC3)nn(C(C)C)c1C(=O)O. The van der Waals surface area contributed by atoms with Gasteiger partial charge in [0.05, 0.1) is 28.9 Å². The van der Waals surface area contributed by atoms with E-state index in [2.05, 4.69) is 15.2 Å². The van der Waals surface area contributed by atoms with Gasteiger partial charge in [0.1, 0.15) is 11.5 Å². The number of rotatable bonds is 10. The lowest BCUT2D eigenvalue weighted by molar-refractivity contribution is -0.150. The summed E-state index contributed by atoms with van der Waals surface area (Å²) in [6.45, 7) is 6.52. The molecule has 214 valence electrons. The summed E-state index contributed by atoms with van der Waals surface area (Å²) in [5.74, 6) is 0.670. The third-order valence-electron chi connectivity index (χ3n) is 9.02. The van der Waals surface area contributed by atoms with Crippen LogP contribution in [0.1, 0.15) is 105 Å². The van der Waals surface area contributed by atoms with Crippen LogP contribution in [0.3, 0.4) is 0 Å². The fourth-order valence-corrected chi connectivity index (χ4v) is 6.88. The molecule has 2 bridgehead atoms. The summed E-state index contributed by atoms with van der Waals surface area (Å²) in [5, 5.41) is 19.4. The minimum Gasteiger partial charge on any atom is -0.477 e. The first-order valence-electron chi connectivity index (χ1n) is 14.0. The van der Waals surface area contributed by atoms with Gasteiger partial charge in [0, 0.05) is 46.5 Å². The molecule has 0 radical (unpaired) electrons. The van der Waals surface area contributed by atoms with Gasteiger partial charge in [-0.15, -0.1) is 5.10 Å². The van der Waals surface area contributed by atoms with Crippen molar-refractivity contribution in [3.63, 3.8) is 0 Å². The largest absolute Gasteiger partial charge is 0.477 e. The lowest BCUT2D eigenvalue weighted by Gasteiger charge is -2.52. The maximum absolute atomic E-state index is 11.8. The summed E-state index contributed by atoms with van der Waals surface area (Å²) >= 11 is 12.9. The predicted molar refractivity (Wildman–Crippen MR) is 149 cm³/mol. The Labute approximate surface area is 243 Å². The number of ether oxygens (including phenoxy) is 2. The van der Waals surface area contributed by atoms with E-state index < -0.39 is 5.97 Å². The van der Waals surface area contributed by atoms with E-state index in [1.54, 1.807) is 19.3 Å². The van der Waals surface area contributed by atoms with Crippen LogP contribution < -0.4 is 4.74 Å². The number of pyridine rings is 1. The van der Waals surface area contributed by atoms with Crippen molar-refractivity contribution in [2.45, 2.75) is 96.3 Å². The summed E-state index contributed by atoms with van der Waals surface area (Å²) in [4.78, 5) is 15.9. The van der Waals surface area contributed by atoms with Crippen LogP contribution in [0.4, 0.5) is 0 Å². The second-order valence-corrected chi connectivity index (χ2v) is 12.8. The molecule has 4 fully saturated rings. The number of hydrogen-bond acceptors (Lipinski definition) is 7. The molecular weight excluding hydrogens is 555 g/mol. The van der Waals surface area contributed by atoms with Gasteiger partial charge in [0.15, 0.2) is 5.69 Å². The van der Waals surface area contributed by atoms with E-state index in [0.717, 1.165) is 62.7 Å². The highest BCUT2D eigenvalue weighted by Gasteiger charge is 2.50. The average molecular weight is 590 g/mol. The molecule has 0 saturated heterocycles. The van der Waals surface area contributed by atoms with E-state index in [9.17, 15) is 9.90 Å². The Hall–Kier alpha value is -2.62. The van der Waals surface area contributed by atoms with Gasteiger partial charge in [-0.2, -0.15) is 0 Å². The van der Waals surface area contributed by atoms with Crippen LogP contribution >= 0.6 is 23.2 Å². The van der Waals surface area contributed by atoms with E-state index in [1.807, 2.05) is 13.8 Å². The summed E-state index contributed by atoms with van der Waals surface area (Å²) < 4.78 is 20.3. The summed E-state index contributed by atoms with van der Waals surface area (Å²) in [6, 6.07) is -0.0700. The zero-order valence-corrected chi connectivity index (χ0v) is 24.5. The Morgan fingerprint density at radius 2 is 1.80 bits per heavy atom. The minimum absolute atomic E-state index is 0.0438. The van der Waals surface area contributed by atoms with E-state index in [-0.39, 0.29) is 22.8 Å². The molecule has 4 saturated carbocycles. The molecule has 7 rings (SSSR count). The fourth-order valence-electron chi connectivity index (χ4n) is 6.34. The maximum atomic E-state index is 11.8. The number of hydrogen-bond donors (Lipinski definition) is 1. The first kappa shape index (κ1) is 27.5. The number of halogens is 2. The Morgan fingerprint density at radius 3 is 2.35 bits per heavy atom. The van der Waals surface area contributed by atoms with Gasteiger partial charge in [-0.3, -0.25) is 9.67 Å². The average Bonchev–Trinajstić information content (AvgIpc) is 3.60. The Balaban J connectivity index is 1.14. The molecule has 3 aromatic rings. The molecule has 0 unspecified atom stereocenters. The molecule has 11 heteroatoms. The molecule has 0 aromatic carbocycles. The zero-order valence-electron chi connectivity index (χ0n) is 23.0. The highest BCUT2D eigenvalue weighted by molar-refractivity contribution is 6.38. The lowest BCUT2D eigenvalue weighted by Crippen LogP contribution is -2.49. The third-order valence-corrected chi connectivity index (χ3v) is 9.60. The van der Waals surface area contributed by atoms with E-state index >= 15 is 0 Å². The van der Waals surface area contributed by atoms with Crippen LogP contribution in [0.5, 0.6) is 5.88 Å². The maximum Gasteiger partial charge on any atom is 0.354 e. The molecule has 3 heterocycles. The molecule has 4 aliphatic carbocycles. The molecule has 3 aromatic heterocycles. The van der Waals surface area contributed by atoms with Crippen molar-refractivity contribution in [1.29, 1.82) is 0 Å². The summed E-state index contributed by atoms with van der Waals surface area (Å²) in [7, 11) is 0. The molecule has 1 N–H and O–H groups in total. The molecule has 0 spiro atoms. The number of fused-ring (bicyclic) bond motifs is 3. The van der Waals surface area contributed by atoms with Gasteiger partial charge >= 0.3 is 5.97 Å². The fraction of sp³-hybridized carbons (Fsp3) is 0.586. The number of nitrogens with zero attached hydrogens (tertiary/aromatic N) is 4. The topological polar surface area (TPSA) is 113 Å². The number of aromatic nitrogens is 4. The van der Waals surface area contributed by atoms with Crippen LogP contribution in [-0.4, -0.2) is 43.2 Å². The Kier molecular flexibility index (Phi) is 7.12. The van der Waals surface area contributed by atoms with Crippen LogP contribution in [0, 0.1) is 12.3 Å². The summed E-state index contributed by atoms with van der Waals surface area (Å²) in [6.07, 6.45) is 11.1. The van der Waals surface area contributed by atoms with Gasteiger partial charge in [0.2, 0.25) is 5.88 Å². The van der Waals surface area contributed by atoms with Crippen molar-refractivity contribution in [3.05, 3.63) is 45.0 Å². The number of carboxylic acid groups (broad SMARTS) is 1. The van der Waals surface area contributed by atoms with Gasteiger partial charge in [0.25, 0.3) is 0 Å². The molecule has 0 amide bonds. The van der Waals surface area contributed by atoms with Crippen LogP contribution in [-0.2, 0) is 11.3 Å². The smallest absolute Gasteiger partial charge is 0.354 e. The summed E-state index contributed by atoms with van der Waals surface area (Å²) in [5.41, 5.74) is 2.82. The highest BCUT2D eigenvalue weighted by Crippen LogP contribution is 2.55. The van der Waals surface area contributed by atoms with Crippen LogP contribution in [0.25, 0.3) is 11.3 Å². The first-order valence-corrected chi connectivity index (χ1v) is 14.7. The van der Waals surface area contributed by atoms with Crippen molar-refractivity contribution < 1.29 is 23.9 Å². The molecule has 0 aliphatic heterocycles. The number of aromatic carboxylic acids is 1. The van der Waals surface area contributed by atoms with Gasteiger partial charge in [-0.25, -0.2) is 4.79 Å². The monoisotopic (exact) mass is 588 g/mol. The first-order chi connectivity index (χ1) is 19.1. The van der Waals surface area contributed by atoms with Gasteiger partial charge in [-0.05, 0) is 72.1 Å². The molecule has 0 atom stereocenters. The quantitative estimate of drug-likeness (QED) is 0.261. The van der Waals surface area contributed by atoms with Crippen molar-refractivity contribution in [2.75, 3.05) is 6.61 Å². The van der Waals surface area contributed by atoms with Gasteiger partial charge in [-0.1, -0.05) is 28.4 Å². The number of carbonyl (C=O) groups is 1. The van der Waals surface area contributed by atoms with Crippen LogP contribution in [0.2, 0.25) is 10.0 Å². The van der Waals surface area contributed by atoms with E-state index in [1.165, 1.54) is 4.68 Å². The normalized spacial score (nSPS) is 24.1. The molecule has 4 aliphatic rings. The zero-order chi connectivity index (χ0) is 28.2. The minimum atomic E-state index is -0.988. The standard InChI is InChI=1S/C29H34Cl2N4O5/c1-16(2)35-24(27(36)37)17(3)26(33-35)38-15-28-6-9-29(10-7-28,11-8-28)39-14-19-23(34-40-25(19)18-4-5-18)22-20(30)12-32-13-21(22)31/h12-13,16,18H,4-11,14-15H2,1-3H3,(H,36,37). The lowest BCUT2D eigenvalue weighted by atomic mass is 9.59. The van der Waals surface area contributed by atoms with E-state index in [0.29, 0.717) is 51.9 Å². The van der Waals surface area contributed by atoms with Crippen molar-refractivity contribution in [1.82, 2.24) is 19.9 Å². The predicted octanol–water partition coefficient (Wildman–Crippen LogP) is 7.39. The Bertz CT molecular complexity index is 1400. The van der Waals surface area contributed by atoms with Crippen molar-refractivity contribution in [3.8, 4) is 17.1 Å². The third kappa shape index (κ3) is 4.90. The van der Waals surface area contributed by atoms with Crippen molar-refractivity contribution >= 4 is 29.2 Å². The second kappa shape index (κ2) is 10.3. The van der Waals surface area contributed by atoms with Crippen LogP contribution in [0.15, 0.2) is 16.9 Å². The second-order valence-electron chi connectivity index (χ2n) is 12.0. The van der Waals surface area contributed by atoms with Gasteiger partial charge < -0.3 is 19.1 Å². The molecule has 9 nitrogen and oxygen atoms in total. The Morgan fingerprint density at radius 1 is 1.15 bits per heavy atom. The highest BCUT2D eigenvalue weighted by atomic mass is 35.5. The number of carboxylic acids is 1. The molecule has 40 heavy (non-hydrogen) atoms. The van der Waals surface area contributed by atoms with E-state index in [4.69, 9.17) is 37.2 Å². The molecular formula is C29H34Cl2N4O5.